The van der Waals surface area contributed by atoms with E-state index in [0.29, 0.717) is 16.7 Å². The number of hydrogen-bond donors (Lipinski definition) is 1. The van der Waals surface area contributed by atoms with Gasteiger partial charge in [-0.05, 0) is 24.0 Å². The number of rotatable bonds is 6. The molecule has 0 aliphatic carbocycles. The number of hydrogen-bond acceptors (Lipinski definition) is 4. The van der Waals surface area contributed by atoms with Crippen molar-refractivity contribution in [2.24, 2.45) is 0 Å². The Labute approximate surface area is 141 Å². The van der Waals surface area contributed by atoms with Gasteiger partial charge in [0.05, 0.1) is 13.2 Å². The second-order valence-corrected chi connectivity index (χ2v) is 7.18. The van der Waals surface area contributed by atoms with Gasteiger partial charge in [0.25, 0.3) is 0 Å². The number of morpholine rings is 1. The Kier molecular flexibility index (Phi) is 7.02. The van der Waals surface area contributed by atoms with Gasteiger partial charge in [-0.15, -0.1) is 0 Å². The molecule has 0 aromatic heterocycles. The zero-order chi connectivity index (χ0) is 15.9. The van der Waals surface area contributed by atoms with Crippen LogP contribution in [0.3, 0.4) is 0 Å². The van der Waals surface area contributed by atoms with Crippen molar-refractivity contribution in [3.8, 4) is 0 Å². The van der Waals surface area contributed by atoms with Crippen LogP contribution in [-0.2, 0) is 16.1 Å². The first kappa shape index (κ1) is 17.6. The van der Waals surface area contributed by atoms with Gasteiger partial charge in [-0.1, -0.05) is 24.6 Å². The van der Waals surface area contributed by atoms with E-state index in [4.69, 9.17) is 16.3 Å². The molecular weight excluding hydrogens is 320 g/mol. The first-order valence-corrected chi connectivity index (χ1v) is 9.16. The van der Waals surface area contributed by atoms with Gasteiger partial charge in [0.15, 0.2) is 0 Å². The van der Waals surface area contributed by atoms with Crippen molar-refractivity contribution in [3.63, 3.8) is 0 Å². The Morgan fingerprint density at radius 2 is 2.18 bits per heavy atom. The fourth-order valence-corrected chi connectivity index (χ4v) is 2.87. The third-order valence-electron chi connectivity index (χ3n) is 3.71. The lowest BCUT2D eigenvalue weighted by atomic mass is 10.1. The van der Waals surface area contributed by atoms with Gasteiger partial charge < -0.3 is 10.1 Å². The van der Waals surface area contributed by atoms with Crippen molar-refractivity contribution < 1.29 is 9.53 Å². The summed E-state index contributed by atoms with van der Waals surface area (Å²) in [7, 11) is 0. The lowest BCUT2D eigenvalue weighted by Gasteiger charge is -2.27. The molecule has 1 aromatic carbocycles. The number of ether oxygens (including phenoxy) is 1. The van der Waals surface area contributed by atoms with Gasteiger partial charge in [-0.25, -0.2) is 0 Å². The van der Waals surface area contributed by atoms with E-state index in [9.17, 15) is 4.79 Å². The largest absolute Gasteiger partial charge is 0.379 e. The second-order valence-electron chi connectivity index (χ2n) is 5.49. The molecule has 0 spiro atoms. The van der Waals surface area contributed by atoms with E-state index in [0.717, 1.165) is 44.1 Å². The number of anilines is 1. The van der Waals surface area contributed by atoms with E-state index in [1.807, 2.05) is 31.4 Å². The molecule has 2 rings (SSSR count). The minimum absolute atomic E-state index is 0.0267. The zero-order valence-electron chi connectivity index (χ0n) is 13.1. The Morgan fingerprint density at radius 1 is 1.45 bits per heavy atom. The summed E-state index contributed by atoms with van der Waals surface area (Å²) in [6.45, 7) is 6.28. The second kappa shape index (κ2) is 8.77. The number of amides is 1. The van der Waals surface area contributed by atoms with E-state index >= 15 is 0 Å². The fraction of sp³-hybridized carbons (Fsp3) is 0.562. The maximum absolute atomic E-state index is 11.9. The summed E-state index contributed by atoms with van der Waals surface area (Å²) >= 11 is 8.04. The highest BCUT2D eigenvalue weighted by Gasteiger charge is 2.13. The van der Waals surface area contributed by atoms with Crippen LogP contribution in [0.15, 0.2) is 18.2 Å². The van der Waals surface area contributed by atoms with Crippen molar-refractivity contribution in [2.75, 3.05) is 37.9 Å². The van der Waals surface area contributed by atoms with Gasteiger partial charge in [0, 0.05) is 42.0 Å². The van der Waals surface area contributed by atoms with Crippen molar-refractivity contribution in [2.45, 2.75) is 25.1 Å². The smallest absolute Gasteiger partial charge is 0.225 e. The van der Waals surface area contributed by atoms with Crippen LogP contribution >= 0.6 is 23.4 Å². The minimum atomic E-state index is 0.0267. The molecule has 0 saturated carbocycles. The van der Waals surface area contributed by atoms with Crippen LogP contribution in [0.1, 0.15) is 18.9 Å². The molecule has 6 heteroatoms. The molecule has 4 nitrogen and oxygen atoms in total. The molecule has 22 heavy (non-hydrogen) atoms. The summed E-state index contributed by atoms with van der Waals surface area (Å²) in [6, 6.07) is 5.74. The Bertz CT molecular complexity index is 507. The fourth-order valence-electron chi connectivity index (χ4n) is 2.31. The summed E-state index contributed by atoms with van der Waals surface area (Å²) in [5.74, 6) is 0.0267. The van der Waals surface area contributed by atoms with Crippen molar-refractivity contribution in [3.05, 3.63) is 28.8 Å². The number of nitrogens with one attached hydrogen (secondary N) is 1. The van der Waals surface area contributed by atoms with Gasteiger partial charge in [0.1, 0.15) is 0 Å². The number of thioether (sulfide) groups is 1. The Morgan fingerprint density at radius 3 is 2.82 bits per heavy atom. The molecular formula is C16H23ClN2O2S. The molecule has 1 aliphatic rings. The van der Waals surface area contributed by atoms with Crippen molar-refractivity contribution in [1.29, 1.82) is 0 Å². The maximum Gasteiger partial charge on any atom is 0.225 e. The highest BCUT2D eigenvalue weighted by molar-refractivity contribution is 7.99. The Balaban J connectivity index is 1.92. The molecule has 0 radical (unpaired) electrons. The molecule has 1 heterocycles. The highest BCUT2D eigenvalue weighted by Crippen LogP contribution is 2.23. The van der Waals surface area contributed by atoms with E-state index in [1.165, 1.54) is 0 Å². The average Bonchev–Trinajstić information content (AvgIpc) is 2.51. The third-order valence-corrected chi connectivity index (χ3v) is 5.03. The standard InChI is InChI=1S/C16H23ClN2O2S/c1-12(22-2)9-16(20)18-14-4-3-13(15(17)10-14)11-19-5-7-21-8-6-19/h3-4,10,12H,5-9,11H2,1-2H3,(H,18,20)/t12-/m0/s1. The quantitative estimate of drug-likeness (QED) is 0.861. The van der Waals surface area contributed by atoms with Gasteiger partial charge >= 0.3 is 0 Å². The van der Waals surface area contributed by atoms with Crippen LogP contribution in [0.2, 0.25) is 5.02 Å². The van der Waals surface area contributed by atoms with Crippen LogP contribution in [0, 0.1) is 0 Å². The summed E-state index contributed by atoms with van der Waals surface area (Å²) in [6.07, 6.45) is 2.52. The van der Waals surface area contributed by atoms with Crippen LogP contribution in [-0.4, -0.2) is 48.6 Å². The summed E-state index contributed by atoms with van der Waals surface area (Å²) in [5, 5.41) is 3.92. The summed E-state index contributed by atoms with van der Waals surface area (Å²) < 4.78 is 5.35. The normalized spacial score (nSPS) is 17.2. The zero-order valence-corrected chi connectivity index (χ0v) is 14.7. The average molecular weight is 343 g/mol. The number of carbonyl (C=O) groups excluding carboxylic acids is 1. The van der Waals surface area contributed by atoms with Gasteiger partial charge in [0.2, 0.25) is 5.91 Å². The molecule has 1 amide bonds. The van der Waals surface area contributed by atoms with Crippen LogP contribution < -0.4 is 5.32 Å². The highest BCUT2D eigenvalue weighted by atomic mass is 35.5. The first-order chi connectivity index (χ1) is 10.6. The molecule has 1 saturated heterocycles. The molecule has 1 N–H and O–H groups in total. The lowest BCUT2D eigenvalue weighted by molar-refractivity contribution is -0.116. The lowest BCUT2D eigenvalue weighted by Crippen LogP contribution is -2.35. The first-order valence-electron chi connectivity index (χ1n) is 7.49. The summed E-state index contributed by atoms with van der Waals surface area (Å²) in [4.78, 5) is 14.2. The third kappa shape index (κ3) is 5.47. The molecule has 122 valence electrons. The Hall–Kier alpha value is -0.750. The van der Waals surface area contributed by atoms with Crippen LogP contribution in [0.5, 0.6) is 0 Å². The maximum atomic E-state index is 11.9. The van der Waals surface area contributed by atoms with E-state index in [2.05, 4.69) is 10.2 Å². The van der Waals surface area contributed by atoms with Crippen LogP contribution in [0.25, 0.3) is 0 Å². The number of halogens is 1. The number of carbonyl (C=O) groups is 1. The summed E-state index contributed by atoms with van der Waals surface area (Å²) in [5.41, 5.74) is 1.84. The van der Waals surface area contributed by atoms with E-state index in [-0.39, 0.29) is 5.91 Å². The van der Waals surface area contributed by atoms with Crippen LogP contribution in [0.4, 0.5) is 5.69 Å². The molecule has 0 unspecified atom stereocenters. The predicted octanol–water partition coefficient (Wildman–Crippen LogP) is 3.25. The van der Waals surface area contributed by atoms with Gasteiger partial charge in [-0.2, -0.15) is 11.8 Å². The molecule has 1 aliphatic heterocycles. The number of nitrogens with zero attached hydrogens (tertiary/aromatic N) is 1. The predicted molar refractivity (Wildman–Crippen MR) is 93.8 cm³/mol. The monoisotopic (exact) mass is 342 g/mol. The molecule has 1 atom stereocenters. The van der Waals surface area contributed by atoms with Crippen molar-refractivity contribution in [1.82, 2.24) is 4.90 Å². The molecule has 1 aromatic rings. The van der Waals surface area contributed by atoms with Gasteiger partial charge in [-0.3, -0.25) is 9.69 Å². The minimum Gasteiger partial charge on any atom is -0.379 e. The molecule has 1 fully saturated rings. The van der Waals surface area contributed by atoms with E-state index < -0.39 is 0 Å². The SMILES string of the molecule is CS[C@@H](C)CC(=O)Nc1ccc(CN2CCOCC2)c(Cl)c1. The molecule has 0 bridgehead atoms. The van der Waals surface area contributed by atoms with E-state index in [1.54, 1.807) is 11.8 Å². The van der Waals surface area contributed by atoms with Crippen molar-refractivity contribution >= 4 is 35.0 Å². The number of benzene rings is 1. The topological polar surface area (TPSA) is 41.6 Å².